The minimum atomic E-state index is -0.193. The van der Waals surface area contributed by atoms with Crippen molar-refractivity contribution < 1.29 is 9.53 Å². The van der Waals surface area contributed by atoms with Crippen molar-refractivity contribution in [2.75, 3.05) is 39.4 Å². The van der Waals surface area contributed by atoms with Gasteiger partial charge in [-0.1, -0.05) is 51.8 Å². The lowest BCUT2D eigenvalue weighted by atomic mass is 9.96. The molecule has 1 fully saturated rings. The van der Waals surface area contributed by atoms with E-state index >= 15 is 0 Å². The summed E-state index contributed by atoms with van der Waals surface area (Å²) >= 11 is 9.60. The fourth-order valence-electron chi connectivity index (χ4n) is 4.32. The number of fused-ring (bicyclic) bond motifs is 1. The number of ether oxygens (including phenoxy) is 1. The maximum Gasteiger partial charge on any atom is 0.273 e. The van der Waals surface area contributed by atoms with Gasteiger partial charge in [-0.3, -0.25) is 14.8 Å². The zero-order valence-corrected chi connectivity index (χ0v) is 19.2. The van der Waals surface area contributed by atoms with Crippen LogP contribution in [0.3, 0.4) is 0 Å². The average Bonchev–Trinajstić information content (AvgIpc) is 3.33. The summed E-state index contributed by atoms with van der Waals surface area (Å²) in [5.74, 6) is -0.0103. The van der Waals surface area contributed by atoms with Gasteiger partial charge in [-0.15, -0.1) is 0 Å². The summed E-state index contributed by atoms with van der Waals surface area (Å²) in [6.07, 6.45) is 0. The number of amides is 1. The Bertz CT molecular complexity index is 1080. The van der Waals surface area contributed by atoms with E-state index in [0.29, 0.717) is 17.3 Å². The van der Waals surface area contributed by atoms with Crippen molar-refractivity contribution in [1.29, 1.82) is 0 Å². The number of halogens is 2. The number of rotatable bonds is 5. The molecule has 1 unspecified atom stereocenters. The van der Waals surface area contributed by atoms with E-state index in [0.717, 1.165) is 59.7 Å². The van der Waals surface area contributed by atoms with Crippen LogP contribution in [0.15, 0.2) is 53.0 Å². The average molecular weight is 502 g/mol. The molecule has 2 aliphatic heterocycles. The first-order chi connectivity index (χ1) is 15.1. The molecular formula is C23H22BrClN4O2. The quantitative estimate of drug-likeness (QED) is 0.564. The number of carbonyl (C=O) groups is 1. The van der Waals surface area contributed by atoms with E-state index in [1.165, 1.54) is 0 Å². The predicted molar refractivity (Wildman–Crippen MR) is 123 cm³/mol. The highest BCUT2D eigenvalue weighted by Crippen LogP contribution is 2.43. The third-order valence-corrected chi connectivity index (χ3v) is 6.71. The van der Waals surface area contributed by atoms with E-state index in [4.69, 9.17) is 16.3 Å². The van der Waals surface area contributed by atoms with E-state index < -0.39 is 0 Å². The summed E-state index contributed by atoms with van der Waals surface area (Å²) < 4.78 is 6.46. The molecule has 0 radical (unpaired) electrons. The van der Waals surface area contributed by atoms with Crippen molar-refractivity contribution in [2.45, 2.75) is 6.04 Å². The first kappa shape index (κ1) is 20.7. The molecular weight excluding hydrogens is 480 g/mol. The molecule has 5 rings (SSSR count). The number of nitrogens with zero attached hydrogens (tertiary/aromatic N) is 3. The van der Waals surface area contributed by atoms with Gasteiger partial charge in [0.25, 0.3) is 5.91 Å². The van der Waals surface area contributed by atoms with Crippen molar-refractivity contribution in [1.82, 2.24) is 20.0 Å². The van der Waals surface area contributed by atoms with E-state index in [2.05, 4.69) is 43.2 Å². The minimum absolute atomic E-state index is 0.0103. The van der Waals surface area contributed by atoms with Gasteiger partial charge in [0.1, 0.15) is 5.69 Å². The lowest BCUT2D eigenvalue weighted by Gasteiger charge is -2.31. The van der Waals surface area contributed by atoms with Crippen LogP contribution in [-0.2, 0) is 4.74 Å². The molecule has 6 nitrogen and oxygen atoms in total. The molecule has 0 aliphatic carbocycles. The summed E-state index contributed by atoms with van der Waals surface area (Å²) in [6.45, 7) is 4.74. The van der Waals surface area contributed by atoms with Crippen LogP contribution in [0.5, 0.6) is 0 Å². The van der Waals surface area contributed by atoms with Crippen LogP contribution in [0.1, 0.15) is 27.7 Å². The number of hydrogen-bond acceptors (Lipinski definition) is 4. The molecule has 1 atom stereocenters. The SMILES string of the molecule is O=C1c2[nH]nc(-c3ccc(Cl)cc3)c2C(c2ccc(Br)cc2)N1CCN1CCOCC1. The van der Waals surface area contributed by atoms with Crippen molar-refractivity contribution in [3.63, 3.8) is 0 Å². The molecule has 1 amide bonds. The van der Waals surface area contributed by atoms with Crippen molar-refractivity contribution in [3.8, 4) is 11.3 Å². The van der Waals surface area contributed by atoms with Crippen LogP contribution >= 0.6 is 27.5 Å². The van der Waals surface area contributed by atoms with E-state index in [1.54, 1.807) is 0 Å². The van der Waals surface area contributed by atoms with Gasteiger partial charge in [0, 0.05) is 46.8 Å². The number of hydrogen-bond donors (Lipinski definition) is 1. The Morgan fingerprint density at radius 3 is 2.48 bits per heavy atom. The largest absolute Gasteiger partial charge is 0.379 e. The fourth-order valence-corrected chi connectivity index (χ4v) is 4.71. The van der Waals surface area contributed by atoms with E-state index in [9.17, 15) is 4.79 Å². The monoisotopic (exact) mass is 500 g/mol. The second-order valence-electron chi connectivity index (χ2n) is 7.77. The number of nitrogens with one attached hydrogen (secondary N) is 1. The minimum Gasteiger partial charge on any atom is -0.379 e. The molecule has 0 bridgehead atoms. The topological polar surface area (TPSA) is 61.5 Å². The molecule has 0 saturated carbocycles. The van der Waals surface area contributed by atoms with Gasteiger partial charge in [0.15, 0.2) is 0 Å². The molecule has 2 aliphatic rings. The third-order valence-electron chi connectivity index (χ3n) is 5.93. The molecule has 1 aromatic heterocycles. The fraction of sp³-hybridized carbons (Fsp3) is 0.304. The Hall–Kier alpha value is -2.19. The second-order valence-corrected chi connectivity index (χ2v) is 9.13. The van der Waals surface area contributed by atoms with Crippen LogP contribution in [-0.4, -0.2) is 65.3 Å². The highest BCUT2D eigenvalue weighted by Gasteiger charge is 2.42. The van der Waals surface area contributed by atoms with Gasteiger partial charge in [-0.2, -0.15) is 5.10 Å². The van der Waals surface area contributed by atoms with E-state index in [1.807, 2.05) is 41.3 Å². The Labute approximate surface area is 194 Å². The van der Waals surface area contributed by atoms with Gasteiger partial charge in [-0.05, 0) is 29.8 Å². The predicted octanol–water partition coefficient (Wildman–Crippen LogP) is 4.37. The normalized spacial score (nSPS) is 19.1. The summed E-state index contributed by atoms with van der Waals surface area (Å²) in [7, 11) is 0. The lowest BCUT2D eigenvalue weighted by Crippen LogP contribution is -2.42. The third kappa shape index (κ3) is 4.03. The number of carbonyl (C=O) groups excluding carboxylic acids is 1. The summed E-state index contributed by atoms with van der Waals surface area (Å²) in [5.41, 5.74) is 4.29. The Kier molecular flexibility index (Phi) is 5.84. The van der Waals surface area contributed by atoms with Crippen molar-refractivity contribution in [2.24, 2.45) is 0 Å². The van der Waals surface area contributed by atoms with Crippen molar-refractivity contribution in [3.05, 3.63) is 74.8 Å². The molecule has 3 aromatic rings. The smallest absolute Gasteiger partial charge is 0.273 e. The maximum absolute atomic E-state index is 13.4. The molecule has 1 N–H and O–H groups in total. The maximum atomic E-state index is 13.4. The van der Waals surface area contributed by atoms with Crippen LogP contribution in [0.4, 0.5) is 0 Å². The van der Waals surface area contributed by atoms with Gasteiger partial charge < -0.3 is 9.64 Å². The number of aromatic amines is 1. The standard InChI is InChI=1S/C23H22BrClN4O2/c24-17-5-1-16(2-6-17)22-19-20(15-3-7-18(25)8-4-15)26-27-21(19)23(30)29(22)10-9-28-11-13-31-14-12-28/h1-8,22H,9-14H2,(H,26,27). The van der Waals surface area contributed by atoms with Gasteiger partial charge in [-0.25, -0.2) is 0 Å². The zero-order chi connectivity index (χ0) is 21.4. The Morgan fingerprint density at radius 1 is 1.06 bits per heavy atom. The molecule has 1 saturated heterocycles. The summed E-state index contributed by atoms with van der Waals surface area (Å²) in [6, 6.07) is 15.5. The van der Waals surface area contributed by atoms with Crippen LogP contribution in [0.25, 0.3) is 11.3 Å². The van der Waals surface area contributed by atoms with Gasteiger partial charge in [0.05, 0.1) is 24.9 Å². The highest BCUT2D eigenvalue weighted by molar-refractivity contribution is 9.10. The first-order valence-electron chi connectivity index (χ1n) is 10.3. The molecule has 31 heavy (non-hydrogen) atoms. The second kappa shape index (κ2) is 8.74. The van der Waals surface area contributed by atoms with Crippen LogP contribution in [0, 0.1) is 0 Å². The Balaban J connectivity index is 1.52. The first-order valence-corrected chi connectivity index (χ1v) is 11.5. The lowest BCUT2D eigenvalue weighted by molar-refractivity contribution is 0.0316. The molecule has 2 aromatic carbocycles. The summed E-state index contributed by atoms with van der Waals surface area (Å²) in [4.78, 5) is 17.7. The number of H-pyrrole nitrogens is 1. The molecule has 160 valence electrons. The van der Waals surface area contributed by atoms with Crippen LogP contribution < -0.4 is 0 Å². The van der Waals surface area contributed by atoms with E-state index in [-0.39, 0.29) is 11.9 Å². The molecule has 3 heterocycles. The van der Waals surface area contributed by atoms with Gasteiger partial charge in [0.2, 0.25) is 0 Å². The number of benzene rings is 2. The van der Waals surface area contributed by atoms with Gasteiger partial charge >= 0.3 is 0 Å². The van der Waals surface area contributed by atoms with Crippen LogP contribution in [0.2, 0.25) is 5.02 Å². The number of morpholine rings is 1. The highest BCUT2D eigenvalue weighted by atomic mass is 79.9. The Morgan fingerprint density at radius 2 is 1.77 bits per heavy atom. The van der Waals surface area contributed by atoms with Crippen molar-refractivity contribution >= 4 is 33.4 Å². The molecule has 8 heteroatoms. The summed E-state index contributed by atoms with van der Waals surface area (Å²) in [5, 5.41) is 8.20. The molecule has 0 spiro atoms. The number of aromatic nitrogens is 2. The zero-order valence-electron chi connectivity index (χ0n) is 16.9.